The summed E-state index contributed by atoms with van der Waals surface area (Å²) >= 11 is 6.08. The van der Waals surface area contributed by atoms with Crippen LogP contribution in [0.15, 0.2) is 24.3 Å². The summed E-state index contributed by atoms with van der Waals surface area (Å²) in [6.45, 7) is 1.85. The summed E-state index contributed by atoms with van der Waals surface area (Å²) in [5.41, 5.74) is 1.15. The molecular formula is C19H28Cl3N3O. The van der Waals surface area contributed by atoms with Crippen molar-refractivity contribution in [2.24, 2.45) is 5.92 Å². The molecule has 3 heterocycles. The third-order valence-electron chi connectivity index (χ3n) is 5.77. The summed E-state index contributed by atoms with van der Waals surface area (Å²) in [6.07, 6.45) is 6.63. The van der Waals surface area contributed by atoms with Crippen LogP contribution in [0, 0.1) is 5.92 Å². The first-order chi connectivity index (χ1) is 11.7. The Labute approximate surface area is 173 Å². The summed E-state index contributed by atoms with van der Waals surface area (Å²) in [6, 6.07) is 9.53. The number of carbonyl (C=O) groups is 1. The van der Waals surface area contributed by atoms with Gasteiger partial charge in [0.25, 0.3) is 0 Å². The lowest BCUT2D eigenvalue weighted by molar-refractivity contribution is -0.122. The topological polar surface area (TPSA) is 44.4 Å². The lowest BCUT2D eigenvalue weighted by Crippen LogP contribution is -2.42. The molecule has 3 aliphatic heterocycles. The van der Waals surface area contributed by atoms with Gasteiger partial charge >= 0.3 is 0 Å². The highest BCUT2D eigenvalue weighted by Gasteiger charge is 2.34. The number of benzene rings is 1. The largest absolute Gasteiger partial charge is 0.369 e. The third-order valence-corrected chi connectivity index (χ3v) is 6.01. The summed E-state index contributed by atoms with van der Waals surface area (Å²) in [7, 11) is 0. The number of carbonyl (C=O) groups excluding carboxylic acids is 1. The number of nitrogens with zero attached hydrogens (tertiary/aromatic N) is 1. The van der Waals surface area contributed by atoms with E-state index in [0.29, 0.717) is 24.4 Å². The molecule has 3 atom stereocenters. The Hall–Kier alpha value is -0.680. The van der Waals surface area contributed by atoms with Crippen molar-refractivity contribution in [1.29, 1.82) is 0 Å². The second-order valence-electron chi connectivity index (χ2n) is 7.66. The third kappa shape index (κ3) is 5.19. The molecule has 0 radical (unpaired) electrons. The van der Waals surface area contributed by atoms with Gasteiger partial charge in [-0.05, 0) is 56.2 Å². The van der Waals surface area contributed by atoms with E-state index in [9.17, 15) is 4.79 Å². The summed E-state index contributed by atoms with van der Waals surface area (Å²) in [5, 5.41) is 7.67. The molecule has 3 aliphatic rings. The zero-order valence-corrected chi connectivity index (χ0v) is 17.2. The van der Waals surface area contributed by atoms with Crippen molar-refractivity contribution in [1.82, 2.24) is 10.6 Å². The standard InChI is InChI=1S/C19H26ClN3O.2ClH/c20-14-2-1-3-18(11-14)23-7-6-17(12-23)22-19(24)10-13-8-15-4-5-16(9-13)21-15;;/h1-3,11,13,15-17,21H,4-10,12H2,(H,22,24);2*1H. The van der Waals surface area contributed by atoms with E-state index in [1.54, 1.807) is 0 Å². The fourth-order valence-corrected chi connectivity index (χ4v) is 4.86. The smallest absolute Gasteiger partial charge is 0.220 e. The van der Waals surface area contributed by atoms with Gasteiger partial charge in [0, 0.05) is 48.3 Å². The Bertz CT molecular complexity index is 603. The molecule has 4 rings (SSSR count). The number of halogens is 3. The number of nitrogens with one attached hydrogen (secondary N) is 2. The average molecular weight is 421 g/mol. The van der Waals surface area contributed by atoms with Gasteiger partial charge in [-0.15, -0.1) is 24.8 Å². The molecule has 1 aromatic carbocycles. The Kier molecular flexibility index (Phi) is 7.90. The molecule has 0 spiro atoms. The van der Waals surface area contributed by atoms with Crippen molar-refractivity contribution in [3.8, 4) is 0 Å². The molecule has 1 aromatic rings. The number of rotatable bonds is 4. The fourth-order valence-electron chi connectivity index (χ4n) is 4.68. The quantitative estimate of drug-likeness (QED) is 0.778. The summed E-state index contributed by atoms with van der Waals surface area (Å²) in [4.78, 5) is 14.7. The van der Waals surface area contributed by atoms with Crippen molar-refractivity contribution in [3.05, 3.63) is 29.3 Å². The molecular weight excluding hydrogens is 393 g/mol. The molecule has 2 N–H and O–H groups in total. The molecule has 0 aliphatic carbocycles. The van der Waals surface area contributed by atoms with Gasteiger partial charge in [-0.25, -0.2) is 0 Å². The number of hydrogen-bond acceptors (Lipinski definition) is 3. The van der Waals surface area contributed by atoms with Gasteiger partial charge in [0.05, 0.1) is 0 Å². The Morgan fingerprint density at radius 2 is 1.92 bits per heavy atom. The Morgan fingerprint density at radius 3 is 2.62 bits per heavy atom. The molecule has 146 valence electrons. The van der Waals surface area contributed by atoms with E-state index in [1.807, 2.05) is 18.2 Å². The molecule has 1 amide bonds. The van der Waals surface area contributed by atoms with E-state index in [2.05, 4.69) is 21.6 Å². The van der Waals surface area contributed by atoms with E-state index in [4.69, 9.17) is 11.6 Å². The number of anilines is 1. The number of amides is 1. The van der Waals surface area contributed by atoms with Crippen molar-refractivity contribution in [2.45, 2.75) is 56.7 Å². The zero-order chi connectivity index (χ0) is 16.5. The molecule has 3 saturated heterocycles. The van der Waals surface area contributed by atoms with Gasteiger partial charge in [-0.2, -0.15) is 0 Å². The van der Waals surface area contributed by atoms with Crippen LogP contribution in [0.2, 0.25) is 5.02 Å². The first-order valence-electron chi connectivity index (χ1n) is 9.21. The van der Waals surface area contributed by atoms with Gasteiger partial charge in [0.15, 0.2) is 0 Å². The van der Waals surface area contributed by atoms with Gasteiger partial charge in [0.2, 0.25) is 5.91 Å². The molecule has 0 aromatic heterocycles. The monoisotopic (exact) mass is 419 g/mol. The molecule has 0 saturated carbocycles. The van der Waals surface area contributed by atoms with Crippen LogP contribution < -0.4 is 15.5 Å². The van der Waals surface area contributed by atoms with Crippen LogP contribution in [0.5, 0.6) is 0 Å². The minimum atomic E-state index is 0. The van der Waals surface area contributed by atoms with Crippen LogP contribution in [0.25, 0.3) is 0 Å². The number of fused-ring (bicyclic) bond motifs is 2. The van der Waals surface area contributed by atoms with Crippen LogP contribution in [-0.4, -0.2) is 37.1 Å². The van der Waals surface area contributed by atoms with Crippen molar-refractivity contribution < 1.29 is 4.79 Å². The van der Waals surface area contributed by atoms with Crippen LogP contribution >= 0.6 is 36.4 Å². The van der Waals surface area contributed by atoms with E-state index in [-0.39, 0.29) is 36.8 Å². The highest BCUT2D eigenvalue weighted by atomic mass is 35.5. The van der Waals surface area contributed by atoms with Crippen LogP contribution in [0.4, 0.5) is 5.69 Å². The first-order valence-corrected chi connectivity index (χ1v) is 9.59. The van der Waals surface area contributed by atoms with E-state index in [0.717, 1.165) is 30.2 Å². The van der Waals surface area contributed by atoms with Gasteiger partial charge in [-0.3, -0.25) is 4.79 Å². The number of piperidine rings is 1. The summed E-state index contributed by atoms with van der Waals surface area (Å²) in [5.74, 6) is 0.799. The predicted molar refractivity (Wildman–Crippen MR) is 112 cm³/mol. The molecule has 26 heavy (non-hydrogen) atoms. The van der Waals surface area contributed by atoms with Gasteiger partial charge in [0.1, 0.15) is 0 Å². The highest BCUT2D eigenvalue weighted by Crippen LogP contribution is 2.32. The number of hydrogen-bond donors (Lipinski definition) is 2. The average Bonchev–Trinajstić information content (AvgIpc) is 3.14. The van der Waals surface area contributed by atoms with E-state index >= 15 is 0 Å². The minimum absolute atomic E-state index is 0. The predicted octanol–water partition coefficient (Wildman–Crippen LogP) is 3.80. The maximum atomic E-state index is 12.4. The SMILES string of the molecule is Cl.Cl.O=C(CC1CC2CCC(C1)N2)NC1CCN(c2cccc(Cl)c2)C1. The van der Waals surface area contributed by atoms with Crippen LogP contribution in [0.3, 0.4) is 0 Å². The van der Waals surface area contributed by atoms with Gasteiger partial charge < -0.3 is 15.5 Å². The Morgan fingerprint density at radius 1 is 1.19 bits per heavy atom. The first kappa shape index (κ1) is 21.6. The lowest BCUT2D eigenvalue weighted by atomic mass is 9.89. The normalized spacial score (nSPS) is 29.7. The second-order valence-corrected chi connectivity index (χ2v) is 8.09. The molecule has 2 bridgehead atoms. The molecule has 3 unspecified atom stereocenters. The molecule has 3 fully saturated rings. The maximum Gasteiger partial charge on any atom is 0.220 e. The second kappa shape index (κ2) is 9.50. The highest BCUT2D eigenvalue weighted by molar-refractivity contribution is 6.30. The van der Waals surface area contributed by atoms with Crippen molar-refractivity contribution in [2.75, 3.05) is 18.0 Å². The van der Waals surface area contributed by atoms with E-state index < -0.39 is 0 Å². The van der Waals surface area contributed by atoms with E-state index in [1.165, 1.54) is 25.7 Å². The van der Waals surface area contributed by atoms with Gasteiger partial charge in [-0.1, -0.05) is 17.7 Å². The lowest BCUT2D eigenvalue weighted by Gasteiger charge is -2.29. The minimum Gasteiger partial charge on any atom is -0.369 e. The van der Waals surface area contributed by atoms with Crippen molar-refractivity contribution >= 4 is 48.0 Å². The van der Waals surface area contributed by atoms with Crippen LogP contribution in [-0.2, 0) is 4.79 Å². The Balaban J connectivity index is 0.00000121. The van der Waals surface area contributed by atoms with Crippen LogP contribution in [0.1, 0.15) is 38.5 Å². The summed E-state index contributed by atoms with van der Waals surface area (Å²) < 4.78 is 0. The van der Waals surface area contributed by atoms with Crippen molar-refractivity contribution in [3.63, 3.8) is 0 Å². The molecule has 7 heteroatoms. The fraction of sp³-hybridized carbons (Fsp3) is 0.632. The zero-order valence-electron chi connectivity index (χ0n) is 14.8. The maximum absolute atomic E-state index is 12.4. The molecule has 4 nitrogen and oxygen atoms in total.